The van der Waals surface area contributed by atoms with Crippen molar-refractivity contribution in [1.82, 2.24) is 14.5 Å². The first kappa shape index (κ1) is 14.7. The Morgan fingerprint density at radius 3 is 2.71 bits per heavy atom. The Morgan fingerprint density at radius 1 is 1.17 bits per heavy atom. The Hall–Kier alpha value is -2.88. The van der Waals surface area contributed by atoms with E-state index in [-0.39, 0.29) is 11.9 Å². The fourth-order valence-corrected chi connectivity index (χ4v) is 3.47. The second-order valence-corrected chi connectivity index (χ2v) is 6.19. The van der Waals surface area contributed by atoms with E-state index in [0.717, 1.165) is 18.5 Å². The van der Waals surface area contributed by atoms with Crippen LogP contribution in [0, 0.1) is 0 Å². The number of carbonyl (C=O) groups is 1. The fraction of sp³-hybridized carbons (Fsp3) is 0.200. The molecule has 1 amide bonds. The SMILES string of the molecule is CN(C(=O)c1ccc(-n2ccnc2)cc1)C1CCc2ccccc21. The third kappa shape index (κ3) is 2.50. The first-order valence-electron chi connectivity index (χ1n) is 8.17. The maximum atomic E-state index is 12.8. The van der Waals surface area contributed by atoms with Crippen LogP contribution in [0.25, 0.3) is 5.69 Å². The Bertz CT molecular complexity index is 853. The second-order valence-electron chi connectivity index (χ2n) is 6.19. The van der Waals surface area contributed by atoms with Gasteiger partial charge in [0.25, 0.3) is 5.91 Å². The molecule has 0 radical (unpaired) electrons. The number of hydrogen-bond donors (Lipinski definition) is 0. The smallest absolute Gasteiger partial charge is 0.254 e. The number of rotatable bonds is 3. The fourth-order valence-electron chi connectivity index (χ4n) is 3.47. The molecule has 1 aliphatic carbocycles. The summed E-state index contributed by atoms with van der Waals surface area (Å²) >= 11 is 0. The van der Waals surface area contributed by atoms with Gasteiger partial charge in [0, 0.05) is 30.7 Å². The van der Waals surface area contributed by atoms with E-state index in [0.29, 0.717) is 5.56 Å². The quantitative estimate of drug-likeness (QED) is 0.740. The lowest BCUT2D eigenvalue weighted by atomic mass is 10.1. The zero-order valence-corrected chi connectivity index (χ0v) is 13.6. The number of carbonyl (C=O) groups excluding carboxylic acids is 1. The Labute approximate surface area is 141 Å². The summed E-state index contributed by atoms with van der Waals surface area (Å²) in [6.07, 6.45) is 7.41. The maximum absolute atomic E-state index is 12.8. The molecule has 0 saturated carbocycles. The third-order valence-electron chi connectivity index (χ3n) is 4.81. The van der Waals surface area contributed by atoms with E-state index in [1.165, 1.54) is 11.1 Å². The van der Waals surface area contributed by atoms with Crippen molar-refractivity contribution in [2.75, 3.05) is 7.05 Å². The highest BCUT2D eigenvalue weighted by molar-refractivity contribution is 5.94. The molecule has 4 rings (SSSR count). The molecule has 1 aliphatic rings. The van der Waals surface area contributed by atoms with E-state index < -0.39 is 0 Å². The highest BCUT2D eigenvalue weighted by Gasteiger charge is 2.28. The molecule has 1 heterocycles. The van der Waals surface area contributed by atoms with Crippen LogP contribution in [0.2, 0.25) is 0 Å². The van der Waals surface area contributed by atoms with Crippen molar-refractivity contribution in [1.29, 1.82) is 0 Å². The largest absolute Gasteiger partial charge is 0.335 e. The Morgan fingerprint density at radius 2 is 1.96 bits per heavy atom. The molecule has 1 aromatic heterocycles. The first-order chi connectivity index (χ1) is 11.7. The van der Waals surface area contributed by atoms with Crippen LogP contribution in [-0.4, -0.2) is 27.4 Å². The van der Waals surface area contributed by atoms with Crippen LogP contribution in [0.5, 0.6) is 0 Å². The molecule has 1 atom stereocenters. The molecule has 24 heavy (non-hydrogen) atoms. The van der Waals surface area contributed by atoms with Gasteiger partial charge in [0.15, 0.2) is 0 Å². The Kier molecular flexibility index (Phi) is 3.65. The number of amides is 1. The van der Waals surface area contributed by atoms with Crippen LogP contribution in [0.15, 0.2) is 67.3 Å². The molecule has 0 spiro atoms. The molecule has 1 unspecified atom stereocenters. The van der Waals surface area contributed by atoms with Crippen molar-refractivity contribution in [2.45, 2.75) is 18.9 Å². The van der Waals surface area contributed by atoms with Gasteiger partial charge in [0.1, 0.15) is 0 Å². The standard InChI is InChI=1S/C20H19N3O/c1-22(19-11-8-15-4-2-3-5-18(15)19)20(24)16-6-9-17(10-7-16)23-13-12-21-14-23/h2-7,9-10,12-14,19H,8,11H2,1H3. The lowest BCUT2D eigenvalue weighted by Gasteiger charge is -2.25. The van der Waals surface area contributed by atoms with Crippen molar-refractivity contribution in [3.05, 3.63) is 83.9 Å². The lowest BCUT2D eigenvalue weighted by molar-refractivity contribution is 0.0730. The average Bonchev–Trinajstić information content (AvgIpc) is 3.30. The summed E-state index contributed by atoms with van der Waals surface area (Å²) in [6, 6.07) is 16.3. The second kappa shape index (κ2) is 5.96. The van der Waals surface area contributed by atoms with Crippen LogP contribution in [0.1, 0.15) is 33.9 Å². The van der Waals surface area contributed by atoms with Crippen LogP contribution in [0.3, 0.4) is 0 Å². The summed E-state index contributed by atoms with van der Waals surface area (Å²) in [5.74, 6) is 0.0638. The molecule has 0 fully saturated rings. The molecular weight excluding hydrogens is 298 g/mol. The van der Waals surface area contributed by atoms with Gasteiger partial charge >= 0.3 is 0 Å². The number of hydrogen-bond acceptors (Lipinski definition) is 2. The minimum absolute atomic E-state index is 0.0638. The van der Waals surface area contributed by atoms with E-state index in [9.17, 15) is 4.79 Å². The van der Waals surface area contributed by atoms with Gasteiger partial charge < -0.3 is 9.47 Å². The number of aryl methyl sites for hydroxylation is 1. The van der Waals surface area contributed by atoms with Crippen molar-refractivity contribution >= 4 is 5.91 Å². The van der Waals surface area contributed by atoms with E-state index in [2.05, 4.69) is 29.2 Å². The molecule has 2 aromatic carbocycles. The highest BCUT2D eigenvalue weighted by atomic mass is 16.2. The molecule has 0 aliphatic heterocycles. The van der Waals surface area contributed by atoms with Gasteiger partial charge in [-0.1, -0.05) is 24.3 Å². The van der Waals surface area contributed by atoms with Gasteiger partial charge in [-0.2, -0.15) is 0 Å². The Balaban J connectivity index is 1.55. The van der Waals surface area contributed by atoms with Crippen molar-refractivity contribution in [2.24, 2.45) is 0 Å². The zero-order chi connectivity index (χ0) is 16.5. The molecule has 3 aromatic rings. The molecule has 0 saturated heterocycles. The number of benzene rings is 2. The van der Waals surface area contributed by atoms with Gasteiger partial charge in [-0.3, -0.25) is 4.79 Å². The normalized spacial score (nSPS) is 16.0. The molecular formula is C20H19N3O. The summed E-state index contributed by atoms with van der Waals surface area (Å²) in [4.78, 5) is 18.8. The summed E-state index contributed by atoms with van der Waals surface area (Å²) in [5.41, 5.74) is 4.35. The van der Waals surface area contributed by atoms with Crippen molar-refractivity contribution in [3.63, 3.8) is 0 Å². The summed E-state index contributed by atoms with van der Waals surface area (Å²) in [7, 11) is 1.90. The summed E-state index contributed by atoms with van der Waals surface area (Å²) in [5, 5.41) is 0. The zero-order valence-electron chi connectivity index (χ0n) is 13.6. The predicted molar refractivity (Wildman–Crippen MR) is 93.2 cm³/mol. The molecule has 4 nitrogen and oxygen atoms in total. The van der Waals surface area contributed by atoms with E-state index >= 15 is 0 Å². The van der Waals surface area contributed by atoms with Crippen LogP contribution in [0.4, 0.5) is 0 Å². The molecule has 0 N–H and O–H groups in total. The van der Waals surface area contributed by atoms with E-state index in [4.69, 9.17) is 0 Å². The summed E-state index contributed by atoms with van der Waals surface area (Å²) < 4.78 is 1.92. The minimum atomic E-state index is 0.0638. The summed E-state index contributed by atoms with van der Waals surface area (Å²) in [6.45, 7) is 0. The number of fused-ring (bicyclic) bond motifs is 1. The minimum Gasteiger partial charge on any atom is -0.335 e. The first-order valence-corrected chi connectivity index (χ1v) is 8.17. The van der Waals surface area contributed by atoms with Crippen LogP contribution >= 0.6 is 0 Å². The predicted octanol–water partition coefficient (Wildman–Crippen LogP) is 3.63. The molecule has 4 heteroatoms. The van der Waals surface area contributed by atoms with Gasteiger partial charge in [-0.25, -0.2) is 4.98 Å². The number of aromatic nitrogens is 2. The maximum Gasteiger partial charge on any atom is 0.254 e. The van der Waals surface area contributed by atoms with Crippen LogP contribution < -0.4 is 0 Å². The monoisotopic (exact) mass is 317 g/mol. The van der Waals surface area contributed by atoms with E-state index in [1.807, 2.05) is 47.0 Å². The van der Waals surface area contributed by atoms with Gasteiger partial charge in [-0.15, -0.1) is 0 Å². The van der Waals surface area contributed by atoms with Gasteiger partial charge in [0.05, 0.1) is 12.4 Å². The molecule has 120 valence electrons. The third-order valence-corrected chi connectivity index (χ3v) is 4.81. The lowest BCUT2D eigenvalue weighted by Crippen LogP contribution is -2.30. The van der Waals surface area contributed by atoms with Gasteiger partial charge in [-0.05, 0) is 48.2 Å². The highest BCUT2D eigenvalue weighted by Crippen LogP contribution is 2.35. The average molecular weight is 317 g/mol. The van der Waals surface area contributed by atoms with Crippen LogP contribution in [-0.2, 0) is 6.42 Å². The van der Waals surface area contributed by atoms with Crippen molar-refractivity contribution in [3.8, 4) is 5.69 Å². The number of imidazole rings is 1. The van der Waals surface area contributed by atoms with Crippen molar-refractivity contribution < 1.29 is 4.79 Å². The van der Waals surface area contributed by atoms with E-state index in [1.54, 1.807) is 12.5 Å². The topological polar surface area (TPSA) is 38.1 Å². The number of nitrogens with zero attached hydrogens (tertiary/aromatic N) is 3. The molecule has 0 bridgehead atoms. The van der Waals surface area contributed by atoms with Gasteiger partial charge in [0.2, 0.25) is 0 Å².